The maximum Gasteiger partial charge on any atom is 0.335 e. The first-order valence-corrected chi connectivity index (χ1v) is 11.4. The Morgan fingerprint density at radius 1 is 1.11 bits per heavy atom. The predicted molar refractivity (Wildman–Crippen MR) is 134 cm³/mol. The fourth-order valence-electron chi connectivity index (χ4n) is 3.53. The number of barbiturate groups is 1. The number of nitrogens with one attached hydrogen (secondary N) is 1. The van der Waals surface area contributed by atoms with Crippen molar-refractivity contribution in [1.29, 1.82) is 0 Å². The molecule has 0 spiro atoms. The lowest BCUT2D eigenvalue weighted by molar-refractivity contribution is -0.384. The van der Waals surface area contributed by atoms with E-state index in [1.807, 2.05) is 0 Å². The molecular formula is C25H17BrFN3O7. The van der Waals surface area contributed by atoms with Gasteiger partial charge in [-0.2, -0.15) is 0 Å². The number of ether oxygens (including phenoxy) is 2. The number of hydrogen-bond acceptors (Lipinski definition) is 7. The predicted octanol–water partition coefficient (Wildman–Crippen LogP) is 4.75. The molecule has 0 unspecified atom stereocenters. The van der Waals surface area contributed by atoms with Gasteiger partial charge in [-0.1, -0.05) is 12.1 Å². The van der Waals surface area contributed by atoms with E-state index in [9.17, 15) is 28.9 Å². The topological polar surface area (TPSA) is 128 Å². The number of carbonyl (C=O) groups is 3. The zero-order valence-electron chi connectivity index (χ0n) is 19.1. The number of carbonyl (C=O) groups excluding carboxylic acids is 3. The summed E-state index contributed by atoms with van der Waals surface area (Å²) in [6.45, 7) is 0.0559. The van der Waals surface area contributed by atoms with Crippen molar-refractivity contribution in [2.75, 3.05) is 12.0 Å². The molecule has 4 amide bonds. The summed E-state index contributed by atoms with van der Waals surface area (Å²) in [5, 5.41) is 13.0. The number of amides is 4. The van der Waals surface area contributed by atoms with E-state index in [-0.39, 0.29) is 29.3 Å². The average molecular weight is 570 g/mol. The molecule has 0 bridgehead atoms. The Morgan fingerprint density at radius 3 is 2.49 bits per heavy atom. The summed E-state index contributed by atoms with van der Waals surface area (Å²) >= 11 is 3.39. The summed E-state index contributed by atoms with van der Waals surface area (Å²) < 4.78 is 25.1. The average Bonchev–Trinajstić information content (AvgIpc) is 2.86. The van der Waals surface area contributed by atoms with E-state index in [0.717, 1.165) is 12.1 Å². The minimum absolute atomic E-state index is 0.0476. The molecule has 1 saturated heterocycles. The van der Waals surface area contributed by atoms with E-state index >= 15 is 0 Å². The van der Waals surface area contributed by atoms with Crippen LogP contribution in [0.3, 0.4) is 0 Å². The van der Waals surface area contributed by atoms with Gasteiger partial charge in [0.05, 0.1) is 22.2 Å². The van der Waals surface area contributed by atoms with Crippen LogP contribution in [0.4, 0.5) is 20.6 Å². The highest BCUT2D eigenvalue weighted by Crippen LogP contribution is 2.38. The highest BCUT2D eigenvalue weighted by molar-refractivity contribution is 9.10. The van der Waals surface area contributed by atoms with Crippen molar-refractivity contribution in [2.24, 2.45) is 0 Å². The van der Waals surface area contributed by atoms with Crippen LogP contribution < -0.4 is 19.7 Å². The monoisotopic (exact) mass is 569 g/mol. The number of non-ortho nitro benzene ring substituents is 1. The van der Waals surface area contributed by atoms with Crippen molar-refractivity contribution in [3.05, 3.63) is 97.8 Å². The van der Waals surface area contributed by atoms with Crippen LogP contribution in [-0.4, -0.2) is 29.9 Å². The van der Waals surface area contributed by atoms with Gasteiger partial charge in [0.1, 0.15) is 18.0 Å². The first-order valence-electron chi connectivity index (χ1n) is 10.6. The van der Waals surface area contributed by atoms with Gasteiger partial charge in [0, 0.05) is 12.1 Å². The number of rotatable bonds is 7. The molecule has 12 heteroatoms. The molecule has 0 atom stereocenters. The first kappa shape index (κ1) is 25.5. The van der Waals surface area contributed by atoms with Gasteiger partial charge >= 0.3 is 6.03 Å². The van der Waals surface area contributed by atoms with Gasteiger partial charge in [-0.15, -0.1) is 0 Å². The molecule has 188 valence electrons. The highest BCUT2D eigenvalue weighted by atomic mass is 79.9. The van der Waals surface area contributed by atoms with Crippen LogP contribution in [0.5, 0.6) is 11.5 Å². The lowest BCUT2D eigenvalue weighted by Crippen LogP contribution is -2.54. The molecule has 3 aromatic rings. The number of urea groups is 1. The first-order chi connectivity index (χ1) is 17.7. The normalized spacial score (nSPS) is 14.5. The number of nitrogens with zero attached hydrogens (tertiary/aromatic N) is 2. The highest BCUT2D eigenvalue weighted by Gasteiger charge is 2.37. The van der Waals surface area contributed by atoms with E-state index in [1.165, 1.54) is 43.5 Å². The van der Waals surface area contributed by atoms with Gasteiger partial charge in [0.15, 0.2) is 11.5 Å². The Labute approximate surface area is 217 Å². The molecule has 0 aliphatic carbocycles. The molecule has 1 heterocycles. The molecule has 10 nitrogen and oxygen atoms in total. The number of anilines is 1. The molecule has 1 aliphatic heterocycles. The van der Waals surface area contributed by atoms with Crippen molar-refractivity contribution in [1.82, 2.24) is 5.32 Å². The molecule has 1 N–H and O–H groups in total. The van der Waals surface area contributed by atoms with Gasteiger partial charge < -0.3 is 9.47 Å². The number of imide groups is 2. The van der Waals surface area contributed by atoms with Crippen LogP contribution in [0.1, 0.15) is 11.1 Å². The van der Waals surface area contributed by atoms with Crippen LogP contribution in [0.2, 0.25) is 0 Å². The van der Waals surface area contributed by atoms with E-state index in [0.29, 0.717) is 26.2 Å². The standard InChI is InChI=1S/C25H17BrFN3O7/c1-36-21-12-15(11-20(26)22(21)37-13-14-3-2-4-16(27)9-14)10-19-23(31)28-25(33)29(24(19)32)17-5-7-18(8-6-17)30(34)35/h2-12H,13H2,1H3,(H,28,31,33)/b19-10+. The SMILES string of the molecule is COc1cc(/C=C2\C(=O)NC(=O)N(c3ccc([N+](=O)[O-])cc3)C2=O)cc(Br)c1OCc1cccc(F)c1. The Hall–Kier alpha value is -4.58. The summed E-state index contributed by atoms with van der Waals surface area (Å²) in [4.78, 5) is 49.0. The van der Waals surface area contributed by atoms with Gasteiger partial charge in [0.25, 0.3) is 17.5 Å². The second-order valence-corrected chi connectivity index (χ2v) is 8.54. The van der Waals surface area contributed by atoms with Crippen LogP contribution in [0, 0.1) is 15.9 Å². The zero-order valence-corrected chi connectivity index (χ0v) is 20.7. The van der Waals surface area contributed by atoms with Gasteiger partial charge in [-0.3, -0.25) is 25.0 Å². The molecule has 3 aromatic carbocycles. The maximum absolute atomic E-state index is 13.5. The fraction of sp³-hybridized carbons (Fsp3) is 0.0800. The largest absolute Gasteiger partial charge is 0.493 e. The van der Waals surface area contributed by atoms with Crippen molar-refractivity contribution in [3.63, 3.8) is 0 Å². The summed E-state index contributed by atoms with van der Waals surface area (Å²) in [5.41, 5.74) is 0.447. The second kappa shape index (κ2) is 10.6. The van der Waals surface area contributed by atoms with Gasteiger partial charge in [-0.05, 0) is 69.5 Å². The summed E-state index contributed by atoms with van der Waals surface area (Å²) in [5.74, 6) is -1.63. The van der Waals surface area contributed by atoms with Crippen molar-refractivity contribution < 1.29 is 33.2 Å². The summed E-state index contributed by atoms with van der Waals surface area (Å²) in [7, 11) is 1.40. The van der Waals surface area contributed by atoms with E-state index < -0.39 is 28.6 Å². The maximum atomic E-state index is 13.5. The van der Waals surface area contributed by atoms with Crippen molar-refractivity contribution in [3.8, 4) is 11.5 Å². The molecule has 0 aromatic heterocycles. The molecule has 1 fully saturated rings. The molecule has 0 saturated carbocycles. The van der Waals surface area contributed by atoms with Crippen LogP contribution in [0.15, 0.2) is 70.7 Å². The Kier molecular flexibility index (Phi) is 7.30. The molecule has 0 radical (unpaired) electrons. The van der Waals surface area contributed by atoms with E-state index in [2.05, 4.69) is 21.2 Å². The van der Waals surface area contributed by atoms with Crippen LogP contribution in [0.25, 0.3) is 6.08 Å². The third-order valence-electron chi connectivity index (χ3n) is 5.26. The lowest BCUT2D eigenvalue weighted by atomic mass is 10.1. The molecule has 1 aliphatic rings. The Balaban J connectivity index is 1.63. The number of nitro groups is 1. The Morgan fingerprint density at radius 2 is 1.84 bits per heavy atom. The Bertz CT molecular complexity index is 1460. The van der Waals surface area contributed by atoms with E-state index in [4.69, 9.17) is 9.47 Å². The van der Waals surface area contributed by atoms with Crippen LogP contribution in [-0.2, 0) is 16.2 Å². The van der Waals surface area contributed by atoms with Gasteiger partial charge in [0.2, 0.25) is 0 Å². The number of halogens is 2. The smallest absolute Gasteiger partial charge is 0.335 e. The molecule has 37 heavy (non-hydrogen) atoms. The minimum atomic E-state index is -0.985. The second-order valence-electron chi connectivity index (χ2n) is 7.68. The van der Waals surface area contributed by atoms with E-state index in [1.54, 1.807) is 18.2 Å². The molecular weight excluding hydrogens is 553 g/mol. The van der Waals surface area contributed by atoms with Gasteiger partial charge in [-0.25, -0.2) is 14.1 Å². The fourth-order valence-corrected chi connectivity index (χ4v) is 4.10. The quantitative estimate of drug-likeness (QED) is 0.188. The summed E-state index contributed by atoms with van der Waals surface area (Å²) in [6.07, 6.45) is 1.27. The number of benzene rings is 3. The van der Waals surface area contributed by atoms with Crippen molar-refractivity contribution >= 4 is 51.2 Å². The van der Waals surface area contributed by atoms with Crippen LogP contribution >= 0.6 is 15.9 Å². The third-order valence-corrected chi connectivity index (χ3v) is 5.84. The number of methoxy groups -OCH3 is 1. The number of hydrogen-bond donors (Lipinski definition) is 1. The van der Waals surface area contributed by atoms with Crippen molar-refractivity contribution in [2.45, 2.75) is 6.61 Å². The third kappa shape index (κ3) is 5.48. The molecule has 4 rings (SSSR count). The number of nitro benzene ring substituents is 1. The minimum Gasteiger partial charge on any atom is -0.493 e. The zero-order chi connectivity index (χ0) is 26.7. The lowest BCUT2D eigenvalue weighted by Gasteiger charge is -2.26. The summed E-state index contributed by atoms with van der Waals surface area (Å²) in [6, 6.07) is 12.8.